The molecule has 7 heteroatoms. The van der Waals surface area contributed by atoms with Crippen molar-refractivity contribution in [1.29, 1.82) is 0 Å². The Kier molecular flexibility index (Phi) is 5.62. The maximum atomic E-state index is 13.1. The molecule has 0 aliphatic rings. The Morgan fingerprint density at radius 3 is 2.35 bits per heavy atom. The first-order chi connectivity index (χ1) is 9.22. The lowest BCUT2D eigenvalue weighted by Crippen LogP contribution is -2.41. The van der Waals surface area contributed by atoms with Crippen LogP contribution < -0.4 is 5.32 Å². The summed E-state index contributed by atoms with van der Waals surface area (Å²) in [5.74, 6) is -4.15. The minimum atomic E-state index is -1.18. The van der Waals surface area contributed by atoms with E-state index in [-0.39, 0.29) is 22.4 Å². The Labute approximate surface area is 123 Å². The second-order valence-electron chi connectivity index (χ2n) is 4.74. The highest BCUT2D eigenvalue weighted by molar-refractivity contribution is 9.10. The highest BCUT2D eigenvalue weighted by atomic mass is 79.9. The van der Waals surface area contributed by atoms with Gasteiger partial charge in [-0.1, -0.05) is 13.8 Å². The van der Waals surface area contributed by atoms with Crippen molar-refractivity contribution in [2.75, 3.05) is 0 Å². The number of aliphatic carboxylic acids is 1. The van der Waals surface area contributed by atoms with E-state index in [2.05, 4.69) is 21.2 Å². The number of benzene rings is 1. The SMILES string of the molecule is CC(C)C[C@@H](NC(=O)c1cc(F)c(F)cc1Br)C(=O)O. The molecule has 2 N–H and O–H groups in total. The van der Waals surface area contributed by atoms with Crippen molar-refractivity contribution in [3.05, 3.63) is 33.8 Å². The van der Waals surface area contributed by atoms with Gasteiger partial charge in [0.1, 0.15) is 6.04 Å². The second kappa shape index (κ2) is 6.78. The van der Waals surface area contributed by atoms with Gasteiger partial charge in [-0.15, -0.1) is 0 Å². The van der Waals surface area contributed by atoms with Crippen LogP contribution in [-0.2, 0) is 4.79 Å². The van der Waals surface area contributed by atoms with Crippen LogP contribution in [0.3, 0.4) is 0 Å². The van der Waals surface area contributed by atoms with Crippen molar-refractivity contribution >= 4 is 27.8 Å². The summed E-state index contributed by atoms with van der Waals surface area (Å²) in [5.41, 5.74) is -0.154. The van der Waals surface area contributed by atoms with Crippen LogP contribution in [0.2, 0.25) is 0 Å². The molecule has 0 heterocycles. The monoisotopic (exact) mass is 349 g/mol. The quantitative estimate of drug-likeness (QED) is 0.803. The second-order valence-corrected chi connectivity index (χ2v) is 5.59. The Hall–Kier alpha value is -1.50. The van der Waals surface area contributed by atoms with Crippen LogP contribution in [0.5, 0.6) is 0 Å². The van der Waals surface area contributed by atoms with E-state index in [1.54, 1.807) is 0 Å². The van der Waals surface area contributed by atoms with Crippen molar-refractivity contribution in [3.63, 3.8) is 0 Å². The zero-order valence-electron chi connectivity index (χ0n) is 10.9. The molecule has 1 rings (SSSR count). The molecule has 0 aliphatic heterocycles. The zero-order valence-corrected chi connectivity index (χ0v) is 12.5. The molecule has 0 fully saturated rings. The van der Waals surface area contributed by atoms with Gasteiger partial charge in [-0.05, 0) is 40.4 Å². The summed E-state index contributed by atoms with van der Waals surface area (Å²) in [6.45, 7) is 3.63. The van der Waals surface area contributed by atoms with Gasteiger partial charge in [-0.3, -0.25) is 4.79 Å². The van der Waals surface area contributed by atoms with E-state index in [4.69, 9.17) is 5.11 Å². The topological polar surface area (TPSA) is 66.4 Å². The minimum absolute atomic E-state index is 0.0579. The van der Waals surface area contributed by atoms with Gasteiger partial charge in [0.05, 0.1) is 5.56 Å². The van der Waals surface area contributed by atoms with Crippen LogP contribution >= 0.6 is 15.9 Å². The normalized spacial score (nSPS) is 12.3. The lowest BCUT2D eigenvalue weighted by Gasteiger charge is -2.17. The molecule has 0 saturated heterocycles. The summed E-state index contributed by atoms with van der Waals surface area (Å²) < 4.78 is 26.1. The fourth-order valence-corrected chi connectivity index (χ4v) is 2.12. The molecule has 1 aromatic carbocycles. The van der Waals surface area contributed by atoms with Crippen LogP contribution in [0.25, 0.3) is 0 Å². The van der Waals surface area contributed by atoms with Gasteiger partial charge in [0.2, 0.25) is 0 Å². The third kappa shape index (κ3) is 4.26. The van der Waals surface area contributed by atoms with E-state index in [1.807, 2.05) is 13.8 Å². The van der Waals surface area contributed by atoms with E-state index in [0.717, 1.165) is 12.1 Å². The number of amides is 1. The third-order valence-electron chi connectivity index (χ3n) is 2.57. The van der Waals surface area contributed by atoms with E-state index >= 15 is 0 Å². The van der Waals surface area contributed by atoms with Gasteiger partial charge in [0.15, 0.2) is 11.6 Å². The van der Waals surface area contributed by atoms with Crippen molar-refractivity contribution in [3.8, 4) is 0 Å². The number of hydrogen-bond donors (Lipinski definition) is 2. The lowest BCUT2D eigenvalue weighted by atomic mass is 10.0. The van der Waals surface area contributed by atoms with Crippen LogP contribution in [0.1, 0.15) is 30.6 Å². The predicted molar refractivity (Wildman–Crippen MR) is 72.4 cm³/mol. The van der Waals surface area contributed by atoms with Crippen LogP contribution in [-0.4, -0.2) is 23.0 Å². The molecule has 110 valence electrons. The van der Waals surface area contributed by atoms with Gasteiger partial charge in [0, 0.05) is 4.47 Å². The first-order valence-corrected chi connectivity index (χ1v) is 6.70. The van der Waals surface area contributed by atoms with E-state index in [1.165, 1.54) is 0 Å². The Morgan fingerprint density at radius 2 is 1.85 bits per heavy atom. The van der Waals surface area contributed by atoms with E-state index in [0.29, 0.717) is 0 Å². The Balaban J connectivity index is 2.95. The van der Waals surface area contributed by atoms with Crippen molar-refractivity contribution in [2.45, 2.75) is 26.3 Å². The van der Waals surface area contributed by atoms with Crippen LogP contribution in [0.15, 0.2) is 16.6 Å². The summed E-state index contributed by atoms with van der Waals surface area (Å²) in [6, 6.07) is 0.466. The molecule has 1 aromatic rings. The highest BCUT2D eigenvalue weighted by Gasteiger charge is 2.23. The number of nitrogens with one attached hydrogen (secondary N) is 1. The maximum absolute atomic E-state index is 13.1. The molecule has 4 nitrogen and oxygen atoms in total. The van der Waals surface area contributed by atoms with Crippen molar-refractivity contribution in [2.24, 2.45) is 5.92 Å². The smallest absolute Gasteiger partial charge is 0.326 e. The largest absolute Gasteiger partial charge is 0.480 e. The molecule has 0 bridgehead atoms. The van der Waals surface area contributed by atoms with E-state index < -0.39 is 29.6 Å². The summed E-state index contributed by atoms with van der Waals surface area (Å²) in [6.07, 6.45) is 0.238. The molecule has 0 unspecified atom stereocenters. The molecule has 0 aromatic heterocycles. The summed E-state index contributed by atoms with van der Waals surface area (Å²) in [7, 11) is 0. The van der Waals surface area contributed by atoms with Crippen LogP contribution in [0, 0.1) is 17.6 Å². The zero-order chi connectivity index (χ0) is 15.4. The minimum Gasteiger partial charge on any atom is -0.480 e. The number of rotatable bonds is 5. The Bertz CT molecular complexity index is 535. The third-order valence-corrected chi connectivity index (χ3v) is 3.22. The van der Waals surface area contributed by atoms with Gasteiger partial charge in [-0.25, -0.2) is 13.6 Å². The fourth-order valence-electron chi connectivity index (χ4n) is 1.63. The number of carbonyl (C=O) groups is 2. The van der Waals surface area contributed by atoms with Gasteiger partial charge in [0.25, 0.3) is 5.91 Å². The molecule has 0 spiro atoms. The average molecular weight is 350 g/mol. The molecule has 0 saturated carbocycles. The summed E-state index contributed by atoms with van der Waals surface area (Å²) >= 11 is 2.94. The molecule has 1 amide bonds. The molecule has 1 atom stereocenters. The maximum Gasteiger partial charge on any atom is 0.326 e. The number of hydrogen-bond acceptors (Lipinski definition) is 2. The molecule has 20 heavy (non-hydrogen) atoms. The van der Waals surface area contributed by atoms with Crippen LogP contribution in [0.4, 0.5) is 8.78 Å². The molecular formula is C13H14BrF2NO3. The number of carboxylic acid groups (broad SMARTS) is 1. The van der Waals surface area contributed by atoms with Gasteiger partial charge < -0.3 is 10.4 Å². The van der Waals surface area contributed by atoms with Crippen molar-refractivity contribution in [1.82, 2.24) is 5.32 Å². The Morgan fingerprint density at radius 1 is 1.30 bits per heavy atom. The van der Waals surface area contributed by atoms with Gasteiger partial charge >= 0.3 is 5.97 Å². The lowest BCUT2D eigenvalue weighted by molar-refractivity contribution is -0.139. The first-order valence-electron chi connectivity index (χ1n) is 5.90. The van der Waals surface area contributed by atoms with E-state index in [9.17, 15) is 18.4 Å². The summed E-state index contributed by atoms with van der Waals surface area (Å²) in [4.78, 5) is 23.0. The molecule has 0 aliphatic carbocycles. The molecule has 0 radical (unpaired) electrons. The van der Waals surface area contributed by atoms with Gasteiger partial charge in [-0.2, -0.15) is 0 Å². The summed E-state index contributed by atoms with van der Waals surface area (Å²) in [5, 5.41) is 11.3. The first kappa shape index (κ1) is 16.6. The average Bonchev–Trinajstić information content (AvgIpc) is 2.32. The highest BCUT2D eigenvalue weighted by Crippen LogP contribution is 2.21. The standard InChI is InChI=1S/C13H14BrF2NO3/c1-6(2)3-11(13(19)20)17-12(18)7-4-9(15)10(16)5-8(7)14/h4-6,11H,3H2,1-2H3,(H,17,18)(H,19,20)/t11-/m1/s1. The number of halogens is 3. The predicted octanol–water partition coefficient (Wildman–Crippen LogP) is 2.96. The number of carbonyl (C=O) groups excluding carboxylic acids is 1. The molecular weight excluding hydrogens is 336 g/mol. The van der Waals surface area contributed by atoms with Crippen molar-refractivity contribution < 1.29 is 23.5 Å². The number of carboxylic acids is 1. The fraction of sp³-hybridized carbons (Fsp3) is 0.385.